The molecule has 2 aliphatic rings. The fourth-order valence-electron chi connectivity index (χ4n) is 6.65. The number of rotatable bonds is 9. The van der Waals surface area contributed by atoms with Gasteiger partial charge in [-0.2, -0.15) is 0 Å². The molecule has 3 amide bonds. The Bertz CT molecular complexity index is 1510. The monoisotopic (exact) mass is 729 g/mol. The number of amides is 3. The molecule has 1 saturated carbocycles. The van der Waals surface area contributed by atoms with Crippen molar-refractivity contribution in [3.8, 4) is 5.75 Å². The van der Waals surface area contributed by atoms with Crippen LogP contribution >= 0.6 is 23.2 Å². The third kappa shape index (κ3) is 10.2. The van der Waals surface area contributed by atoms with Gasteiger partial charge in [-0.25, -0.2) is 4.79 Å². The van der Waals surface area contributed by atoms with E-state index in [9.17, 15) is 24.3 Å². The van der Waals surface area contributed by atoms with Gasteiger partial charge in [0.1, 0.15) is 23.9 Å². The van der Waals surface area contributed by atoms with Gasteiger partial charge in [-0.05, 0) is 54.5 Å². The summed E-state index contributed by atoms with van der Waals surface area (Å²) >= 11 is 13.1. The Hall–Kier alpha value is -3.60. The van der Waals surface area contributed by atoms with Crippen molar-refractivity contribution in [2.75, 3.05) is 13.7 Å². The van der Waals surface area contributed by atoms with Gasteiger partial charge in [-0.3, -0.25) is 14.4 Å². The Labute approximate surface area is 304 Å². The zero-order valence-electron chi connectivity index (χ0n) is 29.1. The van der Waals surface area contributed by atoms with Gasteiger partial charge in [0.25, 0.3) is 0 Å². The normalized spacial score (nSPS) is 24.4. The van der Waals surface area contributed by atoms with Gasteiger partial charge in [-0.15, -0.1) is 11.6 Å². The number of ether oxygens (including phenoxy) is 2. The molecule has 2 aromatic rings. The second-order valence-electron chi connectivity index (χ2n) is 13.9. The fraction of sp³-hybridized carbons (Fsp3) is 0.526. The van der Waals surface area contributed by atoms with Crippen molar-refractivity contribution in [2.45, 2.75) is 95.4 Å². The van der Waals surface area contributed by atoms with Gasteiger partial charge < -0.3 is 30.5 Å². The van der Waals surface area contributed by atoms with Crippen LogP contribution in [0.1, 0.15) is 75.8 Å². The molecular formula is C38H49Cl2N3O7. The van der Waals surface area contributed by atoms with E-state index in [0.29, 0.717) is 41.2 Å². The van der Waals surface area contributed by atoms with E-state index in [2.05, 4.69) is 16.0 Å². The highest BCUT2D eigenvalue weighted by molar-refractivity contribution is 6.32. The fourth-order valence-corrected chi connectivity index (χ4v) is 7.30. The number of esters is 1. The molecule has 0 bridgehead atoms. The molecule has 0 aromatic heterocycles. The minimum atomic E-state index is -1.12. The summed E-state index contributed by atoms with van der Waals surface area (Å²) in [5, 5.41) is 19.6. The number of aliphatic hydroxyl groups excluding tert-OH is 1. The topological polar surface area (TPSA) is 143 Å². The van der Waals surface area contributed by atoms with E-state index in [1.54, 1.807) is 25.1 Å². The van der Waals surface area contributed by atoms with Crippen LogP contribution < -0.4 is 20.7 Å². The van der Waals surface area contributed by atoms with Gasteiger partial charge in [0.15, 0.2) is 0 Å². The van der Waals surface area contributed by atoms with Crippen molar-refractivity contribution >= 4 is 46.9 Å². The molecule has 1 heterocycles. The van der Waals surface area contributed by atoms with Crippen molar-refractivity contribution in [3.05, 3.63) is 76.8 Å². The third-order valence-corrected chi connectivity index (χ3v) is 10.5. The maximum atomic E-state index is 14.0. The zero-order valence-corrected chi connectivity index (χ0v) is 30.6. The molecule has 2 aromatic carbocycles. The molecule has 272 valence electrons. The number of hydrogen-bond acceptors (Lipinski definition) is 7. The number of carbonyl (C=O) groups is 4. The smallest absolute Gasteiger partial charge is 0.328 e. The van der Waals surface area contributed by atoms with Crippen LogP contribution in [0.4, 0.5) is 0 Å². The first-order valence-electron chi connectivity index (χ1n) is 17.3. The lowest BCUT2D eigenvalue weighted by Gasteiger charge is -2.33. The van der Waals surface area contributed by atoms with Gasteiger partial charge in [0.05, 0.1) is 29.0 Å². The number of methoxy groups -OCH3 is 1. The molecule has 1 fully saturated rings. The largest absolute Gasteiger partial charge is 0.495 e. The number of nitrogens with one attached hydrogen (secondary N) is 3. The highest BCUT2D eigenvalue weighted by Gasteiger charge is 2.44. The van der Waals surface area contributed by atoms with Gasteiger partial charge in [0.2, 0.25) is 17.7 Å². The van der Waals surface area contributed by atoms with Crippen molar-refractivity contribution in [3.63, 3.8) is 0 Å². The average molecular weight is 731 g/mol. The highest BCUT2D eigenvalue weighted by atomic mass is 35.5. The van der Waals surface area contributed by atoms with Crippen LogP contribution in [0, 0.1) is 17.3 Å². The molecule has 0 saturated heterocycles. The lowest BCUT2D eigenvalue weighted by molar-refractivity contribution is -0.158. The zero-order chi connectivity index (χ0) is 36.4. The molecule has 4 rings (SSSR count). The first kappa shape index (κ1) is 39.2. The van der Waals surface area contributed by atoms with E-state index in [-0.39, 0.29) is 31.2 Å². The summed E-state index contributed by atoms with van der Waals surface area (Å²) in [6, 6.07) is 12.3. The summed E-state index contributed by atoms with van der Waals surface area (Å²) in [5.74, 6) is -2.10. The molecule has 12 heteroatoms. The van der Waals surface area contributed by atoms with Crippen LogP contribution in [0.5, 0.6) is 5.75 Å². The van der Waals surface area contributed by atoms with Crippen molar-refractivity contribution in [2.24, 2.45) is 17.3 Å². The maximum absolute atomic E-state index is 14.0. The Morgan fingerprint density at radius 2 is 1.70 bits per heavy atom. The molecule has 1 spiro atoms. The summed E-state index contributed by atoms with van der Waals surface area (Å²) in [6.07, 6.45) is 3.96. The summed E-state index contributed by atoms with van der Waals surface area (Å²) < 4.78 is 11.3. The Kier molecular flexibility index (Phi) is 14.2. The molecule has 10 nitrogen and oxygen atoms in total. The van der Waals surface area contributed by atoms with Gasteiger partial charge in [0, 0.05) is 25.3 Å². The minimum Gasteiger partial charge on any atom is -0.495 e. The summed E-state index contributed by atoms with van der Waals surface area (Å²) in [7, 11) is 1.51. The summed E-state index contributed by atoms with van der Waals surface area (Å²) in [6.45, 7) is 5.67. The molecule has 1 aliphatic carbocycles. The Balaban J connectivity index is 1.67. The highest BCUT2D eigenvalue weighted by Crippen LogP contribution is 2.38. The first-order chi connectivity index (χ1) is 23.8. The number of hydrogen-bond donors (Lipinski definition) is 4. The molecule has 0 unspecified atom stereocenters. The summed E-state index contributed by atoms with van der Waals surface area (Å²) in [4.78, 5) is 54.8. The minimum absolute atomic E-state index is 0.0368. The van der Waals surface area contributed by atoms with E-state index in [0.717, 1.165) is 12.8 Å². The first-order valence-corrected chi connectivity index (χ1v) is 18.1. The Morgan fingerprint density at radius 1 is 1.00 bits per heavy atom. The molecule has 0 radical (unpaired) electrons. The predicted molar refractivity (Wildman–Crippen MR) is 193 cm³/mol. The van der Waals surface area contributed by atoms with E-state index < -0.39 is 58.8 Å². The molecule has 1 aliphatic heterocycles. The van der Waals surface area contributed by atoms with Crippen LogP contribution in [-0.2, 0) is 30.3 Å². The molecule has 6 atom stereocenters. The second kappa shape index (κ2) is 18.1. The molecular weight excluding hydrogens is 681 g/mol. The van der Waals surface area contributed by atoms with Crippen LogP contribution in [0.15, 0.2) is 60.7 Å². The third-order valence-electron chi connectivity index (χ3n) is 9.68. The standard InChI is InChI=1S/C38H49Cl2N3O7/c1-23(2)19-29-36(47)50-30(24(3)34(45)33(40)26-11-6-5-7-12-26)13-10-14-32(44)42-28(21-25-15-16-31(49-4)27(39)20-25)35(46)41-22-38(37(48)43-29)17-8-9-18-38/h5-7,10-12,14-16,20,23-24,28-30,33-34,45H,8-9,13,17-19,21-22H2,1-4H3,(H,41,46)(H,42,44)(H,43,48)/b14-10+/t24-,28+,29-,30-,33-,34-/m0/s1. The van der Waals surface area contributed by atoms with E-state index in [4.69, 9.17) is 32.7 Å². The SMILES string of the molecule is COc1ccc(C[C@H]2NC(=O)/C=C/C[C@@H]([C@H](C)[C@H](O)[C@@H](Cl)c3ccccc3)OC(=O)[C@H](CC(C)C)NC(=O)C3(CCCC3)CNC2=O)cc1Cl. The average Bonchev–Trinajstić information content (AvgIpc) is 3.59. The van der Waals surface area contributed by atoms with Crippen LogP contribution in [0.3, 0.4) is 0 Å². The second-order valence-corrected chi connectivity index (χ2v) is 14.7. The number of halogens is 2. The van der Waals surface area contributed by atoms with Crippen LogP contribution in [0.25, 0.3) is 0 Å². The molecule has 4 N–H and O–H groups in total. The number of aliphatic hydroxyl groups is 1. The van der Waals surface area contributed by atoms with Crippen LogP contribution in [0.2, 0.25) is 5.02 Å². The lowest BCUT2D eigenvalue weighted by atomic mass is 9.84. The van der Waals surface area contributed by atoms with Gasteiger partial charge in [-0.1, -0.05) is 87.7 Å². The number of carbonyl (C=O) groups excluding carboxylic acids is 4. The lowest BCUT2D eigenvalue weighted by Crippen LogP contribution is -2.55. The van der Waals surface area contributed by atoms with Gasteiger partial charge >= 0.3 is 5.97 Å². The van der Waals surface area contributed by atoms with Crippen molar-refractivity contribution in [1.29, 1.82) is 0 Å². The van der Waals surface area contributed by atoms with E-state index in [1.165, 1.54) is 19.3 Å². The molecule has 50 heavy (non-hydrogen) atoms. The Morgan fingerprint density at radius 3 is 2.34 bits per heavy atom. The predicted octanol–water partition coefficient (Wildman–Crippen LogP) is 5.43. The summed E-state index contributed by atoms with van der Waals surface area (Å²) in [5.41, 5.74) is 0.463. The van der Waals surface area contributed by atoms with E-state index >= 15 is 0 Å². The maximum Gasteiger partial charge on any atom is 0.328 e. The number of alkyl halides is 1. The number of cyclic esters (lactones) is 1. The van der Waals surface area contributed by atoms with Crippen molar-refractivity contribution in [1.82, 2.24) is 16.0 Å². The number of benzene rings is 2. The van der Waals surface area contributed by atoms with E-state index in [1.807, 2.05) is 44.2 Å². The quantitative estimate of drug-likeness (QED) is 0.199. The van der Waals surface area contributed by atoms with Crippen LogP contribution in [-0.4, -0.2) is 66.7 Å². The van der Waals surface area contributed by atoms with Crippen molar-refractivity contribution < 1.29 is 33.8 Å².